The highest BCUT2D eigenvalue weighted by Crippen LogP contribution is 2.25. The van der Waals surface area contributed by atoms with Gasteiger partial charge in [0.25, 0.3) is 0 Å². The molecule has 0 atom stereocenters. The fraction of sp³-hybridized carbons (Fsp3) is 0.611. The third kappa shape index (κ3) is 4.36. The van der Waals surface area contributed by atoms with Gasteiger partial charge in [0.05, 0.1) is 4.90 Å². The highest BCUT2D eigenvalue weighted by atomic mass is 32.2. The topological polar surface area (TPSA) is 57.7 Å². The Morgan fingerprint density at radius 3 is 2.12 bits per heavy atom. The maximum absolute atomic E-state index is 12.7. The Morgan fingerprint density at radius 2 is 1.62 bits per heavy atom. The molecule has 134 valence electrons. The number of amides is 1. The fourth-order valence-electron chi connectivity index (χ4n) is 3.21. The molecular formula is C18H28N2O3S. The van der Waals surface area contributed by atoms with Crippen LogP contribution in [0.4, 0.5) is 0 Å². The summed E-state index contributed by atoms with van der Waals surface area (Å²) in [5, 5.41) is 0. The smallest absolute Gasteiger partial charge is 0.243 e. The van der Waals surface area contributed by atoms with Crippen molar-refractivity contribution >= 4 is 15.9 Å². The monoisotopic (exact) mass is 352 g/mol. The van der Waals surface area contributed by atoms with Crippen molar-refractivity contribution in [3.63, 3.8) is 0 Å². The molecule has 5 nitrogen and oxygen atoms in total. The van der Waals surface area contributed by atoms with Crippen LogP contribution in [0.2, 0.25) is 0 Å². The molecule has 1 fully saturated rings. The van der Waals surface area contributed by atoms with Crippen LogP contribution in [0.15, 0.2) is 35.2 Å². The molecule has 1 heterocycles. The van der Waals surface area contributed by atoms with Crippen LogP contribution in [0.3, 0.4) is 0 Å². The number of nitrogens with zero attached hydrogens (tertiary/aromatic N) is 2. The molecule has 0 aromatic heterocycles. The zero-order valence-corrected chi connectivity index (χ0v) is 15.5. The SMILES string of the molecule is CCCN(CCC)C(=O)C1CCN(S(=O)(=O)c2ccccc2)CC1. The second-order valence-corrected chi connectivity index (χ2v) is 8.25. The van der Waals surface area contributed by atoms with Crippen molar-refractivity contribution in [3.05, 3.63) is 30.3 Å². The predicted octanol–water partition coefficient (Wildman–Crippen LogP) is 2.74. The van der Waals surface area contributed by atoms with Gasteiger partial charge in [0.2, 0.25) is 15.9 Å². The maximum Gasteiger partial charge on any atom is 0.243 e. The van der Waals surface area contributed by atoms with E-state index < -0.39 is 10.0 Å². The van der Waals surface area contributed by atoms with E-state index in [1.165, 1.54) is 4.31 Å². The van der Waals surface area contributed by atoms with Gasteiger partial charge >= 0.3 is 0 Å². The molecule has 0 aliphatic carbocycles. The summed E-state index contributed by atoms with van der Waals surface area (Å²) in [6.07, 6.45) is 3.11. The molecule has 2 rings (SSSR count). The summed E-state index contributed by atoms with van der Waals surface area (Å²) in [6, 6.07) is 8.51. The molecule has 0 saturated carbocycles. The van der Waals surface area contributed by atoms with E-state index >= 15 is 0 Å². The molecule has 1 aromatic rings. The second-order valence-electron chi connectivity index (χ2n) is 6.32. The lowest BCUT2D eigenvalue weighted by Crippen LogP contribution is -2.44. The van der Waals surface area contributed by atoms with Gasteiger partial charge in [-0.05, 0) is 37.8 Å². The third-order valence-electron chi connectivity index (χ3n) is 4.48. The van der Waals surface area contributed by atoms with Crippen molar-refractivity contribution in [2.45, 2.75) is 44.4 Å². The van der Waals surface area contributed by atoms with Gasteiger partial charge in [-0.3, -0.25) is 4.79 Å². The zero-order valence-electron chi connectivity index (χ0n) is 14.6. The van der Waals surface area contributed by atoms with E-state index in [1.807, 2.05) is 4.90 Å². The predicted molar refractivity (Wildman–Crippen MR) is 95.1 cm³/mol. The number of rotatable bonds is 7. The van der Waals surface area contributed by atoms with Gasteiger partial charge in [0.15, 0.2) is 0 Å². The first-order chi connectivity index (χ1) is 11.5. The summed E-state index contributed by atoms with van der Waals surface area (Å²) in [4.78, 5) is 14.9. The van der Waals surface area contributed by atoms with E-state index in [4.69, 9.17) is 0 Å². The molecule has 0 unspecified atom stereocenters. The zero-order chi connectivity index (χ0) is 17.6. The summed E-state index contributed by atoms with van der Waals surface area (Å²) < 4.78 is 26.8. The number of benzene rings is 1. The van der Waals surface area contributed by atoms with Crippen LogP contribution in [-0.2, 0) is 14.8 Å². The quantitative estimate of drug-likeness (QED) is 0.758. The largest absolute Gasteiger partial charge is 0.342 e. The van der Waals surface area contributed by atoms with E-state index in [2.05, 4.69) is 13.8 Å². The minimum Gasteiger partial charge on any atom is -0.342 e. The number of piperidine rings is 1. The Balaban J connectivity index is 1.99. The van der Waals surface area contributed by atoms with Crippen LogP contribution < -0.4 is 0 Å². The van der Waals surface area contributed by atoms with Crippen molar-refractivity contribution in [1.82, 2.24) is 9.21 Å². The Morgan fingerprint density at radius 1 is 1.08 bits per heavy atom. The lowest BCUT2D eigenvalue weighted by molar-refractivity contribution is -0.136. The summed E-state index contributed by atoms with van der Waals surface area (Å²) in [6.45, 7) is 6.56. The number of carbonyl (C=O) groups excluding carboxylic acids is 1. The minimum absolute atomic E-state index is 0.0506. The molecule has 1 saturated heterocycles. The third-order valence-corrected chi connectivity index (χ3v) is 6.40. The first-order valence-electron chi connectivity index (χ1n) is 8.84. The Kier molecular flexibility index (Phi) is 6.80. The van der Waals surface area contributed by atoms with Gasteiger partial charge in [0, 0.05) is 32.1 Å². The van der Waals surface area contributed by atoms with Gasteiger partial charge in [-0.1, -0.05) is 32.0 Å². The Labute approximate surface area is 145 Å². The van der Waals surface area contributed by atoms with E-state index in [-0.39, 0.29) is 11.8 Å². The van der Waals surface area contributed by atoms with Crippen LogP contribution >= 0.6 is 0 Å². The maximum atomic E-state index is 12.7. The number of hydrogen-bond acceptors (Lipinski definition) is 3. The molecular weight excluding hydrogens is 324 g/mol. The highest BCUT2D eigenvalue weighted by Gasteiger charge is 2.33. The number of hydrogen-bond donors (Lipinski definition) is 0. The normalized spacial score (nSPS) is 16.9. The van der Waals surface area contributed by atoms with Crippen LogP contribution in [0, 0.1) is 5.92 Å². The average molecular weight is 353 g/mol. The first-order valence-corrected chi connectivity index (χ1v) is 10.3. The Bertz CT molecular complexity index is 617. The number of carbonyl (C=O) groups is 1. The van der Waals surface area contributed by atoms with E-state index in [0.29, 0.717) is 30.8 Å². The lowest BCUT2D eigenvalue weighted by Gasteiger charge is -2.33. The van der Waals surface area contributed by atoms with Crippen molar-refractivity contribution in [2.24, 2.45) is 5.92 Å². The standard InChI is InChI=1S/C18H28N2O3S/c1-3-12-19(13-4-2)18(21)16-10-14-20(15-11-16)24(22,23)17-8-6-5-7-9-17/h5-9,16H,3-4,10-15H2,1-2H3. The lowest BCUT2D eigenvalue weighted by atomic mass is 9.96. The summed E-state index contributed by atoms with van der Waals surface area (Å²) in [7, 11) is -3.44. The summed E-state index contributed by atoms with van der Waals surface area (Å²) >= 11 is 0. The average Bonchev–Trinajstić information content (AvgIpc) is 2.62. The van der Waals surface area contributed by atoms with Gasteiger partial charge in [0.1, 0.15) is 0 Å². The number of sulfonamides is 1. The van der Waals surface area contributed by atoms with Crippen LogP contribution in [-0.4, -0.2) is 49.7 Å². The van der Waals surface area contributed by atoms with Gasteiger partial charge in [-0.15, -0.1) is 0 Å². The molecule has 1 aromatic carbocycles. The minimum atomic E-state index is -3.44. The Hall–Kier alpha value is -1.40. The summed E-state index contributed by atoms with van der Waals surface area (Å²) in [5.41, 5.74) is 0. The second kappa shape index (κ2) is 8.62. The van der Waals surface area contributed by atoms with Gasteiger partial charge in [-0.25, -0.2) is 8.42 Å². The first kappa shape index (κ1) is 18.9. The summed E-state index contributed by atoms with van der Waals surface area (Å²) in [5.74, 6) is 0.140. The molecule has 1 aliphatic rings. The van der Waals surface area contributed by atoms with Crippen LogP contribution in [0.1, 0.15) is 39.5 Å². The van der Waals surface area contributed by atoms with Crippen molar-refractivity contribution in [3.8, 4) is 0 Å². The molecule has 1 amide bonds. The van der Waals surface area contributed by atoms with Crippen molar-refractivity contribution in [2.75, 3.05) is 26.2 Å². The molecule has 0 N–H and O–H groups in total. The van der Waals surface area contributed by atoms with Crippen LogP contribution in [0.25, 0.3) is 0 Å². The molecule has 0 spiro atoms. The van der Waals surface area contributed by atoms with E-state index in [9.17, 15) is 13.2 Å². The van der Waals surface area contributed by atoms with Gasteiger partial charge < -0.3 is 4.90 Å². The van der Waals surface area contributed by atoms with E-state index in [0.717, 1.165) is 25.9 Å². The molecule has 24 heavy (non-hydrogen) atoms. The van der Waals surface area contributed by atoms with Crippen molar-refractivity contribution < 1.29 is 13.2 Å². The van der Waals surface area contributed by atoms with Crippen LogP contribution in [0.5, 0.6) is 0 Å². The molecule has 0 radical (unpaired) electrons. The highest BCUT2D eigenvalue weighted by molar-refractivity contribution is 7.89. The molecule has 6 heteroatoms. The van der Waals surface area contributed by atoms with E-state index in [1.54, 1.807) is 30.3 Å². The fourth-order valence-corrected chi connectivity index (χ4v) is 4.71. The molecule has 1 aliphatic heterocycles. The van der Waals surface area contributed by atoms with Crippen molar-refractivity contribution in [1.29, 1.82) is 0 Å². The molecule has 0 bridgehead atoms. The van der Waals surface area contributed by atoms with Gasteiger partial charge in [-0.2, -0.15) is 4.31 Å².